The summed E-state index contributed by atoms with van der Waals surface area (Å²) in [5.74, 6) is 0. The first-order valence-electron chi connectivity index (χ1n) is 7.62. The maximum Gasteiger partial charge on any atom is 0.0361 e. The van der Waals surface area contributed by atoms with E-state index in [0.29, 0.717) is 0 Å². The highest BCUT2D eigenvalue weighted by Crippen LogP contribution is 2.24. The van der Waals surface area contributed by atoms with E-state index >= 15 is 0 Å². The fraction of sp³-hybridized carbons (Fsp3) is 0.647. The van der Waals surface area contributed by atoms with Crippen LogP contribution in [0.25, 0.3) is 0 Å². The quantitative estimate of drug-likeness (QED) is 0.793. The van der Waals surface area contributed by atoms with Gasteiger partial charge in [0.2, 0.25) is 0 Å². The second kappa shape index (κ2) is 7.65. The standard InChI is InChI=1S/C17H31N3/c1-6-20(7-2)14-17(3,13-18)12-15-8-10-16(11-9-15)19(4)5/h8-11H,6-7,12-14,18H2,1-5H3. The number of anilines is 1. The maximum absolute atomic E-state index is 6.06. The third-order valence-corrected chi connectivity index (χ3v) is 4.08. The molecule has 1 unspecified atom stereocenters. The molecule has 0 bridgehead atoms. The minimum Gasteiger partial charge on any atom is -0.378 e. The number of hydrogen-bond acceptors (Lipinski definition) is 3. The first kappa shape index (κ1) is 17.0. The van der Waals surface area contributed by atoms with E-state index in [1.54, 1.807) is 0 Å². The van der Waals surface area contributed by atoms with E-state index in [1.807, 2.05) is 0 Å². The highest BCUT2D eigenvalue weighted by molar-refractivity contribution is 5.46. The Morgan fingerprint density at radius 2 is 1.60 bits per heavy atom. The average Bonchev–Trinajstić information content (AvgIpc) is 2.45. The fourth-order valence-electron chi connectivity index (χ4n) is 2.58. The van der Waals surface area contributed by atoms with Crippen molar-refractivity contribution in [3.8, 4) is 0 Å². The molecule has 0 radical (unpaired) electrons. The highest BCUT2D eigenvalue weighted by atomic mass is 15.1. The topological polar surface area (TPSA) is 32.5 Å². The predicted molar refractivity (Wildman–Crippen MR) is 89.4 cm³/mol. The molecule has 1 aromatic carbocycles. The van der Waals surface area contributed by atoms with Gasteiger partial charge in [0.25, 0.3) is 0 Å². The molecule has 2 N–H and O–H groups in total. The Kier molecular flexibility index (Phi) is 6.50. The molecule has 3 nitrogen and oxygen atoms in total. The molecule has 0 saturated heterocycles. The van der Waals surface area contributed by atoms with Crippen molar-refractivity contribution in [2.75, 3.05) is 45.2 Å². The van der Waals surface area contributed by atoms with E-state index in [9.17, 15) is 0 Å². The molecular formula is C17H31N3. The number of nitrogens with zero attached hydrogens (tertiary/aromatic N) is 2. The highest BCUT2D eigenvalue weighted by Gasteiger charge is 2.25. The van der Waals surface area contributed by atoms with Gasteiger partial charge in [0.15, 0.2) is 0 Å². The van der Waals surface area contributed by atoms with Gasteiger partial charge >= 0.3 is 0 Å². The van der Waals surface area contributed by atoms with Crippen LogP contribution in [0.5, 0.6) is 0 Å². The molecule has 0 aliphatic rings. The van der Waals surface area contributed by atoms with Crippen molar-refractivity contribution in [3.63, 3.8) is 0 Å². The zero-order chi connectivity index (χ0) is 15.2. The predicted octanol–water partition coefficient (Wildman–Crippen LogP) is 2.60. The van der Waals surface area contributed by atoms with Gasteiger partial charge in [-0.3, -0.25) is 0 Å². The van der Waals surface area contributed by atoms with Crippen LogP contribution in [0, 0.1) is 5.41 Å². The summed E-state index contributed by atoms with van der Waals surface area (Å²) >= 11 is 0. The first-order chi connectivity index (χ1) is 9.44. The molecule has 0 aliphatic heterocycles. The smallest absolute Gasteiger partial charge is 0.0361 e. The number of rotatable bonds is 8. The Balaban J connectivity index is 2.76. The molecule has 0 fully saturated rings. The molecule has 0 aliphatic carbocycles. The van der Waals surface area contributed by atoms with Gasteiger partial charge in [-0.15, -0.1) is 0 Å². The number of nitrogens with two attached hydrogens (primary N) is 1. The first-order valence-corrected chi connectivity index (χ1v) is 7.62. The molecule has 3 heteroatoms. The Morgan fingerprint density at radius 1 is 1.05 bits per heavy atom. The van der Waals surface area contributed by atoms with E-state index in [0.717, 1.165) is 32.6 Å². The summed E-state index contributed by atoms with van der Waals surface area (Å²) in [5, 5.41) is 0. The van der Waals surface area contributed by atoms with Gasteiger partial charge in [0.1, 0.15) is 0 Å². The van der Waals surface area contributed by atoms with Gasteiger partial charge in [-0.1, -0.05) is 32.9 Å². The van der Waals surface area contributed by atoms with Crippen LogP contribution in [0.4, 0.5) is 5.69 Å². The second-order valence-corrected chi connectivity index (χ2v) is 6.21. The Morgan fingerprint density at radius 3 is 2.00 bits per heavy atom. The number of benzene rings is 1. The molecule has 1 atom stereocenters. The van der Waals surface area contributed by atoms with Crippen molar-refractivity contribution in [2.24, 2.45) is 11.1 Å². The fourth-order valence-corrected chi connectivity index (χ4v) is 2.58. The van der Waals surface area contributed by atoms with Crippen molar-refractivity contribution in [2.45, 2.75) is 27.2 Å². The van der Waals surface area contributed by atoms with Gasteiger partial charge < -0.3 is 15.5 Å². The van der Waals surface area contributed by atoms with E-state index in [-0.39, 0.29) is 5.41 Å². The van der Waals surface area contributed by atoms with Gasteiger partial charge in [0.05, 0.1) is 0 Å². The lowest BCUT2D eigenvalue weighted by atomic mass is 9.83. The van der Waals surface area contributed by atoms with Crippen molar-refractivity contribution < 1.29 is 0 Å². The van der Waals surface area contributed by atoms with Gasteiger partial charge in [-0.25, -0.2) is 0 Å². The van der Waals surface area contributed by atoms with Gasteiger partial charge in [-0.05, 0) is 49.2 Å². The SMILES string of the molecule is CCN(CC)CC(C)(CN)Cc1ccc(N(C)C)cc1. The van der Waals surface area contributed by atoms with Crippen LogP contribution in [-0.4, -0.2) is 45.2 Å². The van der Waals surface area contributed by atoms with Crippen LogP contribution < -0.4 is 10.6 Å². The minimum atomic E-state index is 0.144. The molecule has 0 saturated carbocycles. The number of hydrogen-bond donors (Lipinski definition) is 1. The summed E-state index contributed by atoms with van der Waals surface area (Å²) in [6.45, 7) is 10.7. The maximum atomic E-state index is 6.06. The third kappa shape index (κ3) is 4.80. The monoisotopic (exact) mass is 277 g/mol. The molecule has 0 heterocycles. The summed E-state index contributed by atoms with van der Waals surface area (Å²) in [5.41, 5.74) is 8.81. The molecular weight excluding hydrogens is 246 g/mol. The Labute approximate surface area is 124 Å². The Hall–Kier alpha value is -1.06. The van der Waals surface area contributed by atoms with E-state index < -0.39 is 0 Å². The third-order valence-electron chi connectivity index (χ3n) is 4.08. The van der Waals surface area contributed by atoms with Crippen LogP contribution in [-0.2, 0) is 6.42 Å². The molecule has 0 spiro atoms. The van der Waals surface area contributed by atoms with Crippen LogP contribution in [0.15, 0.2) is 24.3 Å². The lowest BCUT2D eigenvalue weighted by Gasteiger charge is -2.34. The Bertz CT molecular complexity index is 382. The largest absolute Gasteiger partial charge is 0.378 e. The molecule has 1 aromatic rings. The second-order valence-electron chi connectivity index (χ2n) is 6.21. The minimum absolute atomic E-state index is 0.144. The molecule has 0 aromatic heterocycles. The van der Waals surface area contributed by atoms with Crippen molar-refractivity contribution >= 4 is 5.69 Å². The van der Waals surface area contributed by atoms with E-state index in [4.69, 9.17) is 5.73 Å². The molecule has 1 rings (SSSR count). The lowest BCUT2D eigenvalue weighted by molar-refractivity contribution is 0.181. The van der Waals surface area contributed by atoms with Gasteiger partial charge in [0, 0.05) is 26.3 Å². The normalized spacial score (nSPS) is 14.3. The van der Waals surface area contributed by atoms with Crippen LogP contribution >= 0.6 is 0 Å². The average molecular weight is 277 g/mol. The summed E-state index contributed by atoms with van der Waals surface area (Å²) in [6.07, 6.45) is 1.04. The van der Waals surface area contributed by atoms with E-state index in [2.05, 4.69) is 68.9 Å². The van der Waals surface area contributed by atoms with Crippen LogP contribution in [0.2, 0.25) is 0 Å². The summed E-state index contributed by atoms with van der Waals surface area (Å²) in [4.78, 5) is 4.59. The van der Waals surface area contributed by atoms with Crippen LogP contribution in [0.1, 0.15) is 26.3 Å². The summed E-state index contributed by atoms with van der Waals surface area (Å²) in [6, 6.07) is 8.82. The molecule has 0 amide bonds. The summed E-state index contributed by atoms with van der Waals surface area (Å²) < 4.78 is 0. The zero-order valence-electron chi connectivity index (χ0n) is 13.8. The lowest BCUT2D eigenvalue weighted by Crippen LogP contribution is -2.42. The van der Waals surface area contributed by atoms with Crippen molar-refractivity contribution in [3.05, 3.63) is 29.8 Å². The molecule has 114 valence electrons. The zero-order valence-corrected chi connectivity index (χ0v) is 13.8. The van der Waals surface area contributed by atoms with Gasteiger partial charge in [-0.2, -0.15) is 0 Å². The van der Waals surface area contributed by atoms with E-state index in [1.165, 1.54) is 11.3 Å². The molecule has 20 heavy (non-hydrogen) atoms. The van der Waals surface area contributed by atoms with Crippen LogP contribution in [0.3, 0.4) is 0 Å². The van der Waals surface area contributed by atoms with Crippen molar-refractivity contribution in [1.82, 2.24) is 4.90 Å². The summed E-state index contributed by atoms with van der Waals surface area (Å²) in [7, 11) is 4.14. The van der Waals surface area contributed by atoms with Crippen molar-refractivity contribution in [1.29, 1.82) is 0 Å².